The SMILES string of the molecule is Cc1ccc(C(C)C)c(O[C@@H](C)C(=O)N[C@H](C)CC(C)(C)c2ccccc2)c1. The lowest BCUT2D eigenvalue weighted by atomic mass is 9.79. The van der Waals surface area contributed by atoms with Crippen LogP contribution in [0.25, 0.3) is 0 Å². The molecule has 0 heterocycles. The smallest absolute Gasteiger partial charge is 0.260 e. The van der Waals surface area contributed by atoms with Crippen LogP contribution in [0.3, 0.4) is 0 Å². The Morgan fingerprint density at radius 2 is 1.68 bits per heavy atom. The van der Waals surface area contributed by atoms with E-state index in [2.05, 4.69) is 76.3 Å². The van der Waals surface area contributed by atoms with Crippen LogP contribution in [0.1, 0.15) is 70.6 Å². The molecule has 0 fully saturated rings. The molecule has 0 saturated heterocycles. The van der Waals surface area contributed by atoms with E-state index in [-0.39, 0.29) is 17.4 Å². The summed E-state index contributed by atoms with van der Waals surface area (Å²) in [5.41, 5.74) is 3.52. The van der Waals surface area contributed by atoms with E-state index in [1.54, 1.807) is 0 Å². The van der Waals surface area contributed by atoms with E-state index in [4.69, 9.17) is 4.74 Å². The zero-order valence-electron chi connectivity index (χ0n) is 18.4. The molecule has 0 aliphatic heterocycles. The van der Waals surface area contributed by atoms with Gasteiger partial charge in [-0.2, -0.15) is 0 Å². The van der Waals surface area contributed by atoms with Gasteiger partial charge in [0.15, 0.2) is 6.10 Å². The summed E-state index contributed by atoms with van der Waals surface area (Å²) in [4.78, 5) is 12.7. The van der Waals surface area contributed by atoms with E-state index in [0.29, 0.717) is 5.92 Å². The average molecular weight is 382 g/mol. The van der Waals surface area contributed by atoms with Crippen molar-refractivity contribution in [1.82, 2.24) is 5.32 Å². The van der Waals surface area contributed by atoms with Gasteiger partial charge in [0.1, 0.15) is 5.75 Å². The fourth-order valence-corrected chi connectivity index (χ4v) is 3.65. The second-order valence-corrected chi connectivity index (χ2v) is 8.82. The summed E-state index contributed by atoms with van der Waals surface area (Å²) in [6, 6.07) is 16.7. The van der Waals surface area contributed by atoms with Gasteiger partial charge < -0.3 is 10.1 Å². The van der Waals surface area contributed by atoms with Gasteiger partial charge >= 0.3 is 0 Å². The first kappa shape index (κ1) is 22.0. The zero-order chi connectivity index (χ0) is 20.9. The molecule has 0 spiro atoms. The molecule has 0 bridgehead atoms. The molecule has 28 heavy (non-hydrogen) atoms. The Morgan fingerprint density at radius 3 is 2.29 bits per heavy atom. The van der Waals surface area contributed by atoms with Crippen molar-refractivity contribution in [2.45, 2.75) is 78.4 Å². The lowest BCUT2D eigenvalue weighted by molar-refractivity contribution is -0.128. The highest BCUT2D eigenvalue weighted by Gasteiger charge is 2.26. The van der Waals surface area contributed by atoms with Crippen molar-refractivity contribution >= 4 is 5.91 Å². The Morgan fingerprint density at radius 1 is 1.04 bits per heavy atom. The Bertz CT molecular complexity index is 780. The summed E-state index contributed by atoms with van der Waals surface area (Å²) >= 11 is 0. The van der Waals surface area contributed by atoms with Gasteiger partial charge in [-0.05, 0) is 61.3 Å². The molecule has 0 aromatic heterocycles. The minimum absolute atomic E-state index is 0.0145. The van der Waals surface area contributed by atoms with Gasteiger partial charge in [-0.15, -0.1) is 0 Å². The number of benzene rings is 2. The number of ether oxygens (including phenoxy) is 1. The van der Waals surface area contributed by atoms with Gasteiger partial charge in [-0.3, -0.25) is 4.79 Å². The summed E-state index contributed by atoms with van der Waals surface area (Å²) in [6.07, 6.45) is 0.318. The van der Waals surface area contributed by atoms with Crippen molar-refractivity contribution in [3.05, 3.63) is 65.2 Å². The molecular weight excluding hydrogens is 346 g/mol. The topological polar surface area (TPSA) is 38.3 Å². The standard InChI is InChI=1S/C25H35NO2/c1-17(2)22-14-13-18(3)15-23(22)28-20(5)24(27)26-19(4)16-25(6,7)21-11-9-8-10-12-21/h8-15,17,19-20H,16H2,1-7H3,(H,26,27)/t19-,20+/m1/s1. The number of aryl methyl sites for hydroxylation is 1. The largest absolute Gasteiger partial charge is 0.481 e. The summed E-state index contributed by atoms with van der Waals surface area (Å²) < 4.78 is 6.05. The van der Waals surface area contributed by atoms with Crippen LogP contribution in [0.5, 0.6) is 5.75 Å². The van der Waals surface area contributed by atoms with E-state index in [1.807, 2.05) is 26.0 Å². The Labute approximate surface area is 170 Å². The van der Waals surface area contributed by atoms with Crippen LogP contribution in [0.2, 0.25) is 0 Å². The monoisotopic (exact) mass is 381 g/mol. The number of hydrogen-bond acceptors (Lipinski definition) is 2. The Balaban J connectivity index is 2.00. The molecule has 2 aromatic rings. The molecule has 2 atom stereocenters. The van der Waals surface area contributed by atoms with E-state index in [9.17, 15) is 4.79 Å². The van der Waals surface area contributed by atoms with Crippen molar-refractivity contribution in [3.8, 4) is 5.75 Å². The van der Waals surface area contributed by atoms with E-state index < -0.39 is 6.10 Å². The normalized spacial score (nSPS) is 13.9. The minimum atomic E-state index is -0.540. The first-order valence-electron chi connectivity index (χ1n) is 10.2. The molecule has 0 unspecified atom stereocenters. The van der Waals surface area contributed by atoms with Gasteiger partial charge in [0.2, 0.25) is 0 Å². The summed E-state index contributed by atoms with van der Waals surface area (Å²) in [5, 5.41) is 3.13. The Hall–Kier alpha value is -2.29. The van der Waals surface area contributed by atoms with Gasteiger partial charge in [-0.25, -0.2) is 0 Å². The highest BCUT2D eigenvalue weighted by molar-refractivity contribution is 5.81. The van der Waals surface area contributed by atoms with Crippen LogP contribution >= 0.6 is 0 Å². The van der Waals surface area contributed by atoms with E-state index in [0.717, 1.165) is 23.3 Å². The van der Waals surface area contributed by atoms with Gasteiger partial charge in [0.05, 0.1) is 0 Å². The van der Waals surface area contributed by atoms with Crippen molar-refractivity contribution < 1.29 is 9.53 Å². The van der Waals surface area contributed by atoms with Gasteiger partial charge in [-0.1, -0.05) is 70.2 Å². The average Bonchev–Trinajstić information content (AvgIpc) is 2.61. The number of amides is 1. The third-order valence-electron chi connectivity index (χ3n) is 5.22. The summed E-state index contributed by atoms with van der Waals surface area (Å²) in [5.74, 6) is 1.07. The highest BCUT2D eigenvalue weighted by Crippen LogP contribution is 2.29. The zero-order valence-corrected chi connectivity index (χ0v) is 18.4. The molecule has 3 heteroatoms. The third-order valence-corrected chi connectivity index (χ3v) is 5.22. The van der Waals surface area contributed by atoms with Crippen LogP contribution in [-0.4, -0.2) is 18.1 Å². The summed E-state index contributed by atoms with van der Waals surface area (Å²) in [6.45, 7) is 14.6. The van der Waals surface area contributed by atoms with Crippen molar-refractivity contribution in [2.75, 3.05) is 0 Å². The molecule has 2 aromatic carbocycles. The first-order valence-corrected chi connectivity index (χ1v) is 10.2. The summed E-state index contributed by atoms with van der Waals surface area (Å²) in [7, 11) is 0. The molecule has 152 valence electrons. The molecule has 3 nitrogen and oxygen atoms in total. The Kier molecular flexibility index (Phi) is 7.29. The van der Waals surface area contributed by atoms with Crippen LogP contribution in [-0.2, 0) is 10.2 Å². The van der Waals surface area contributed by atoms with Gasteiger partial charge in [0, 0.05) is 6.04 Å². The van der Waals surface area contributed by atoms with Gasteiger partial charge in [0.25, 0.3) is 5.91 Å². The van der Waals surface area contributed by atoms with Crippen LogP contribution in [0, 0.1) is 6.92 Å². The highest BCUT2D eigenvalue weighted by atomic mass is 16.5. The fourth-order valence-electron chi connectivity index (χ4n) is 3.65. The van der Waals surface area contributed by atoms with E-state index >= 15 is 0 Å². The second kappa shape index (κ2) is 9.27. The maximum atomic E-state index is 12.7. The van der Waals surface area contributed by atoms with Crippen LogP contribution in [0.4, 0.5) is 0 Å². The molecule has 1 amide bonds. The number of carbonyl (C=O) groups is 1. The third kappa shape index (κ3) is 5.85. The maximum absolute atomic E-state index is 12.7. The van der Waals surface area contributed by atoms with Crippen LogP contribution in [0.15, 0.2) is 48.5 Å². The van der Waals surface area contributed by atoms with E-state index in [1.165, 1.54) is 5.56 Å². The second-order valence-electron chi connectivity index (χ2n) is 8.82. The lowest BCUT2D eigenvalue weighted by Gasteiger charge is -2.30. The molecule has 2 rings (SSSR count). The number of rotatable bonds is 8. The van der Waals surface area contributed by atoms with Crippen LogP contribution < -0.4 is 10.1 Å². The van der Waals surface area contributed by atoms with Crippen molar-refractivity contribution in [2.24, 2.45) is 0 Å². The number of carbonyl (C=O) groups excluding carboxylic acids is 1. The predicted octanol–water partition coefficient (Wildman–Crippen LogP) is 5.76. The molecule has 0 aliphatic rings. The molecular formula is C25H35NO2. The fraction of sp³-hybridized carbons (Fsp3) is 0.480. The molecule has 0 aliphatic carbocycles. The molecule has 1 N–H and O–H groups in total. The lowest BCUT2D eigenvalue weighted by Crippen LogP contribution is -2.43. The first-order chi connectivity index (χ1) is 13.1. The predicted molar refractivity (Wildman–Crippen MR) is 117 cm³/mol. The van der Waals surface area contributed by atoms with Crippen molar-refractivity contribution in [3.63, 3.8) is 0 Å². The quantitative estimate of drug-likeness (QED) is 0.631. The molecule has 0 radical (unpaired) electrons. The van der Waals surface area contributed by atoms with Crippen molar-refractivity contribution in [1.29, 1.82) is 0 Å². The number of nitrogens with one attached hydrogen (secondary N) is 1. The molecule has 0 saturated carbocycles. The number of hydrogen-bond donors (Lipinski definition) is 1. The minimum Gasteiger partial charge on any atom is -0.481 e. The maximum Gasteiger partial charge on any atom is 0.260 e.